The van der Waals surface area contributed by atoms with Crippen molar-refractivity contribution in [1.29, 1.82) is 0 Å². The van der Waals surface area contributed by atoms with E-state index in [2.05, 4.69) is 5.32 Å². The highest BCUT2D eigenvalue weighted by molar-refractivity contribution is 5.98. The van der Waals surface area contributed by atoms with Gasteiger partial charge in [-0.25, -0.2) is 0 Å². The van der Waals surface area contributed by atoms with E-state index in [-0.39, 0.29) is 17.9 Å². The second-order valence-electron chi connectivity index (χ2n) is 6.96. The lowest BCUT2D eigenvalue weighted by molar-refractivity contribution is -0.148. The Hall–Kier alpha value is -2.08. The largest absolute Gasteiger partial charge is 0.493 e. The van der Waals surface area contributed by atoms with Gasteiger partial charge in [-0.05, 0) is 55.9 Å². The number of nitrogens with one attached hydrogen (secondary N) is 1. The summed E-state index contributed by atoms with van der Waals surface area (Å²) in [6.45, 7) is 1.96. The second kappa shape index (κ2) is 7.04. The van der Waals surface area contributed by atoms with Gasteiger partial charge in [0, 0.05) is 25.3 Å². The van der Waals surface area contributed by atoms with Crippen LogP contribution in [0.1, 0.15) is 37.7 Å². The number of amides is 2. The molecule has 134 valence electrons. The third kappa shape index (κ3) is 3.35. The number of fused-ring (bicyclic) bond motifs is 1. The summed E-state index contributed by atoms with van der Waals surface area (Å²) in [6.07, 6.45) is 4.78. The average Bonchev–Trinajstić information content (AvgIpc) is 3.32. The predicted molar refractivity (Wildman–Crippen MR) is 92.6 cm³/mol. The molecule has 0 radical (unpaired) electrons. The van der Waals surface area contributed by atoms with Gasteiger partial charge in [0.15, 0.2) is 0 Å². The Balaban J connectivity index is 1.46. The highest BCUT2D eigenvalue weighted by Gasteiger charge is 2.37. The number of hydrogen-bond acceptors (Lipinski definition) is 4. The summed E-state index contributed by atoms with van der Waals surface area (Å²) >= 11 is 0. The van der Waals surface area contributed by atoms with Gasteiger partial charge in [-0.2, -0.15) is 0 Å². The summed E-state index contributed by atoms with van der Waals surface area (Å²) in [7, 11) is 0. The highest BCUT2D eigenvalue weighted by Crippen LogP contribution is 2.29. The molecule has 3 aliphatic rings. The summed E-state index contributed by atoms with van der Waals surface area (Å²) in [5.74, 6) is 0.760. The normalized spacial score (nSPS) is 25.4. The van der Waals surface area contributed by atoms with E-state index in [0.717, 1.165) is 49.1 Å². The van der Waals surface area contributed by atoms with E-state index in [1.807, 2.05) is 18.2 Å². The van der Waals surface area contributed by atoms with Gasteiger partial charge in [0.1, 0.15) is 17.9 Å². The quantitative estimate of drug-likeness (QED) is 0.912. The van der Waals surface area contributed by atoms with Gasteiger partial charge in [0.2, 0.25) is 5.91 Å². The topological polar surface area (TPSA) is 67.9 Å². The molecule has 1 N–H and O–H groups in total. The zero-order valence-electron chi connectivity index (χ0n) is 14.3. The number of benzene rings is 1. The van der Waals surface area contributed by atoms with Crippen molar-refractivity contribution in [3.63, 3.8) is 0 Å². The molecule has 6 heteroatoms. The molecule has 6 nitrogen and oxygen atoms in total. The van der Waals surface area contributed by atoms with E-state index in [4.69, 9.17) is 9.47 Å². The maximum absolute atomic E-state index is 12.8. The first-order chi connectivity index (χ1) is 12.2. The van der Waals surface area contributed by atoms with Crippen LogP contribution in [0.25, 0.3) is 0 Å². The number of nitrogens with zero attached hydrogens (tertiary/aromatic N) is 1. The van der Waals surface area contributed by atoms with Crippen molar-refractivity contribution in [1.82, 2.24) is 4.90 Å². The molecule has 2 fully saturated rings. The van der Waals surface area contributed by atoms with Crippen molar-refractivity contribution >= 4 is 17.5 Å². The van der Waals surface area contributed by atoms with Crippen LogP contribution in [0.4, 0.5) is 5.69 Å². The van der Waals surface area contributed by atoms with Crippen LogP contribution in [-0.2, 0) is 20.7 Å². The van der Waals surface area contributed by atoms with Gasteiger partial charge in [0.25, 0.3) is 5.91 Å². The fraction of sp³-hybridized carbons (Fsp3) is 0.579. The molecule has 0 aromatic heterocycles. The molecule has 1 aromatic carbocycles. The minimum atomic E-state index is -0.407. The summed E-state index contributed by atoms with van der Waals surface area (Å²) in [4.78, 5) is 27.3. The molecule has 4 rings (SSSR count). The van der Waals surface area contributed by atoms with Crippen LogP contribution < -0.4 is 10.1 Å². The lowest BCUT2D eigenvalue weighted by Crippen LogP contribution is -2.52. The van der Waals surface area contributed by atoms with E-state index in [1.54, 1.807) is 4.90 Å². The smallest absolute Gasteiger partial charge is 0.252 e. The number of anilines is 1. The Labute approximate surface area is 147 Å². The maximum Gasteiger partial charge on any atom is 0.252 e. The molecule has 0 aliphatic carbocycles. The number of carbonyl (C=O) groups excluding carboxylic acids is 2. The number of piperidine rings is 1. The standard InChI is InChI=1S/C19H24N2O4/c22-18(20-14-6-7-16-13(12-14)8-11-25-16)15-4-1-2-9-21(15)19(23)17-5-3-10-24-17/h6-7,12,15,17H,1-5,8-11H2,(H,20,22)/t15-,17+/m0/s1. The average molecular weight is 344 g/mol. The molecule has 2 saturated heterocycles. The third-order valence-electron chi connectivity index (χ3n) is 5.25. The van der Waals surface area contributed by atoms with Crippen LogP contribution in [0, 0.1) is 0 Å². The predicted octanol–water partition coefficient (Wildman–Crippen LogP) is 2.12. The molecule has 0 bridgehead atoms. The number of likely N-dealkylation sites (tertiary alicyclic amines) is 1. The van der Waals surface area contributed by atoms with Crippen molar-refractivity contribution < 1.29 is 19.1 Å². The van der Waals surface area contributed by atoms with Gasteiger partial charge in [0.05, 0.1) is 6.61 Å². The lowest BCUT2D eigenvalue weighted by atomic mass is 10.00. The van der Waals surface area contributed by atoms with Crippen molar-refractivity contribution in [2.75, 3.05) is 25.1 Å². The molecule has 0 unspecified atom stereocenters. The monoisotopic (exact) mass is 344 g/mol. The van der Waals surface area contributed by atoms with Crippen LogP contribution >= 0.6 is 0 Å². The first-order valence-electron chi connectivity index (χ1n) is 9.21. The fourth-order valence-corrected chi connectivity index (χ4v) is 3.92. The van der Waals surface area contributed by atoms with Crippen LogP contribution in [0.5, 0.6) is 5.75 Å². The van der Waals surface area contributed by atoms with Crippen LogP contribution in [0.15, 0.2) is 18.2 Å². The molecular weight excluding hydrogens is 320 g/mol. The maximum atomic E-state index is 12.8. The molecule has 3 aliphatic heterocycles. The molecule has 1 aromatic rings. The minimum Gasteiger partial charge on any atom is -0.493 e. The van der Waals surface area contributed by atoms with Crippen molar-refractivity contribution in [3.05, 3.63) is 23.8 Å². The van der Waals surface area contributed by atoms with Gasteiger partial charge >= 0.3 is 0 Å². The fourth-order valence-electron chi connectivity index (χ4n) is 3.92. The number of rotatable bonds is 3. The molecule has 25 heavy (non-hydrogen) atoms. The number of ether oxygens (including phenoxy) is 2. The van der Waals surface area contributed by atoms with Gasteiger partial charge in [-0.1, -0.05) is 0 Å². The van der Waals surface area contributed by atoms with Crippen LogP contribution in [0.2, 0.25) is 0 Å². The molecule has 2 atom stereocenters. The number of carbonyl (C=O) groups is 2. The van der Waals surface area contributed by atoms with Gasteiger partial charge < -0.3 is 19.7 Å². The molecule has 2 amide bonds. The molecule has 0 spiro atoms. The second-order valence-corrected chi connectivity index (χ2v) is 6.96. The highest BCUT2D eigenvalue weighted by atomic mass is 16.5. The van der Waals surface area contributed by atoms with Gasteiger partial charge in [-0.3, -0.25) is 9.59 Å². The lowest BCUT2D eigenvalue weighted by Gasteiger charge is -2.36. The van der Waals surface area contributed by atoms with Gasteiger partial charge in [-0.15, -0.1) is 0 Å². The SMILES string of the molecule is O=C(Nc1ccc2c(c1)CCO2)[C@@H]1CCCCN1C(=O)[C@H]1CCCO1. The summed E-state index contributed by atoms with van der Waals surface area (Å²) in [5, 5.41) is 2.99. The summed E-state index contributed by atoms with van der Waals surface area (Å²) in [5.41, 5.74) is 1.89. The van der Waals surface area contributed by atoms with Crippen LogP contribution in [-0.4, -0.2) is 48.6 Å². The van der Waals surface area contributed by atoms with Crippen molar-refractivity contribution in [2.45, 2.75) is 50.7 Å². The molecule has 0 saturated carbocycles. The molecular formula is C19H24N2O4. The van der Waals surface area contributed by atoms with E-state index >= 15 is 0 Å². The van der Waals surface area contributed by atoms with E-state index in [0.29, 0.717) is 26.2 Å². The Morgan fingerprint density at radius 2 is 2.04 bits per heavy atom. The van der Waals surface area contributed by atoms with Crippen LogP contribution in [0.3, 0.4) is 0 Å². The zero-order valence-corrected chi connectivity index (χ0v) is 14.3. The first-order valence-corrected chi connectivity index (χ1v) is 9.21. The zero-order chi connectivity index (χ0) is 17.2. The van der Waals surface area contributed by atoms with E-state index in [1.165, 1.54) is 0 Å². The van der Waals surface area contributed by atoms with E-state index in [9.17, 15) is 9.59 Å². The Morgan fingerprint density at radius 1 is 1.12 bits per heavy atom. The third-order valence-corrected chi connectivity index (χ3v) is 5.25. The van der Waals surface area contributed by atoms with Crippen molar-refractivity contribution in [3.8, 4) is 5.75 Å². The van der Waals surface area contributed by atoms with Crippen molar-refractivity contribution in [2.24, 2.45) is 0 Å². The Bertz CT molecular complexity index is 669. The molecule has 3 heterocycles. The van der Waals surface area contributed by atoms with E-state index < -0.39 is 6.04 Å². The number of hydrogen-bond donors (Lipinski definition) is 1. The summed E-state index contributed by atoms with van der Waals surface area (Å²) in [6, 6.07) is 5.32. The first kappa shape index (κ1) is 16.4. The Morgan fingerprint density at radius 3 is 2.88 bits per heavy atom. The summed E-state index contributed by atoms with van der Waals surface area (Å²) < 4.78 is 11.0. The minimum absolute atomic E-state index is 0.0281. The Kier molecular flexibility index (Phi) is 4.61.